The largest absolute Gasteiger partial charge is 0.302 e. The SMILES string of the molecule is CCCN(C)Cc1ccncc1. The van der Waals surface area contributed by atoms with Crippen molar-refractivity contribution in [3.63, 3.8) is 0 Å². The molecule has 1 heterocycles. The first-order valence-electron chi connectivity index (χ1n) is 4.40. The number of aromatic nitrogens is 1. The molecule has 2 nitrogen and oxygen atoms in total. The Morgan fingerprint density at radius 1 is 1.33 bits per heavy atom. The monoisotopic (exact) mass is 164 g/mol. The third-order valence-corrected chi connectivity index (χ3v) is 1.81. The van der Waals surface area contributed by atoms with E-state index in [2.05, 4.69) is 36.0 Å². The molecule has 0 amide bonds. The predicted octanol–water partition coefficient (Wildman–Crippen LogP) is 1.92. The van der Waals surface area contributed by atoms with Crippen molar-refractivity contribution in [2.75, 3.05) is 13.6 Å². The topological polar surface area (TPSA) is 16.1 Å². The van der Waals surface area contributed by atoms with Crippen molar-refractivity contribution in [3.8, 4) is 0 Å². The average Bonchev–Trinajstić information content (AvgIpc) is 2.06. The van der Waals surface area contributed by atoms with Crippen LogP contribution in [0.15, 0.2) is 24.5 Å². The van der Waals surface area contributed by atoms with Gasteiger partial charge in [-0.2, -0.15) is 0 Å². The van der Waals surface area contributed by atoms with Crippen molar-refractivity contribution in [3.05, 3.63) is 30.1 Å². The molecule has 0 fully saturated rings. The average molecular weight is 164 g/mol. The quantitative estimate of drug-likeness (QED) is 0.676. The predicted molar refractivity (Wildman–Crippen MR) is 50.9 cm³/mol. The number of nitrogens with zero attached hydrogens (tertiary/aromatic N) is 2. The van der Waals surface area contributed by atoms with E-state index >= 15 is 0 Å². The molecule has 0 aliphatic carbocycles. The van der Waals surface area contributed by atoms with Crippen LogP contribution in [0.1, 0.15) is 18.9 Å². The van der Waals surface area contributed by atoms with Crippen LogP contribution in [0, 0.1) is 0 Å². The van der Waals surface area contributed by atoms with Gasteiger partial charge in [-0.3, -0.25) is 4.98 Å². The third-order valence-electron chi connectivity index (χ3n) is 1.81. The molecule has 2 heteroatoms. The molecular weight excluding hydrogens is 148 g/mol. The Labute approximate surface area is 74.2 Å². The van der Waals surface area contributed by atoms with E-state index < -0.39 is 0 Å². The van der Waals surface area contributed by atoms with Crippen molar-refractivity contribution in [2.24, 2.45) is 0 Å². The smallest absolute Gasteiger partial charge is 0.0271 e. The highest BCUT2D eigenvalue weighted by atomic mass is 15.1. The standard InChI is InChI=1S/C10H16N2/c1-3-8-12(2)9-10-4-6-11-7-5-10/h4-7H,3,8-9H2,1-2H3. The number of hydrogen-bond donors (Lipinski definition) is 0. The van der Waals surface area contributed by atoms with Crippen LogP contribution in [-0.4, -0.2) is 23.5 Å². The maximum atomic E-state index is 3.98. The van der Waals surface area contributed by atoms with Crippen LogP contribution < -0.4 is 0 Å². The Bertz CT molecular complexity index is 208. The van der Waals surface area contributed by atoms with Crippen molar-refractivity contribution >= 4 is 0 Å². The minimum Gasteiger partial charge on any atom is -0.302 e. The Hall–Kier alpha value is -0.890. The van der Waals surface area contributed by atoms with Gasteiger partial charge in [0.2, 0.25) is 0 Å². The lowest BCUT2D eigenvalue weighted by atomic mass is 10.2. The molecule has 12 heavy (non-hydrogen) atoms. The molecule has 0 spiro atoms. The van der Waals surface area contributed by atoms with E-state index in [9.17, 15) is 0 Å². The van der Waals surface area contributed by atoms with Gasteiger partial charge in [-0.15, -0.1) is 0 Å². The van der Waals surface area contributed by atoms with E-state index in [1.54, 1.807) is 0 Å². The molecule has 1 aromatic heterocycles. The van der Waals surface area contributed by atoms with Crippen molar-refractivity contribution < 1.29 is 0 Å². The van der Waals surface area contributed by atoms with Gasteiger partial charge in [-0.1, -0.05) is 6.92 Å². The minimum absolute atomic E-state index is 1.02. The summed E-state index contributed by atoms with van der Waals surface area (Å²) in [5, 5.41) is 0. The molecule has 1 rings (SSSR count). The second kappa shape index (κ2) is 4.88. The lowest BCUT2D eigenvalue weighted by molar-refractivity contribution is 0.327. The molecule has 0 saturated heterocycles. The van der Waals surface area contributed by atoms with Crippen LogP contribution in [0.25, 0.3) is 0 Å². The zero-order valence-corrected chi connectivity index (χ0v) is 7.83. The molecule has 0 bridgehead atoms. The summed E-state index contributed by atoms with van der Waals surface area (Å²) in [6, 6.07) is 4.12. The Kier molecular flexibility index (Phi) is 3.74. The second-order valence-electron chi connectivity index (χ2n) is 3.09. The van der Waals surface area contributed by atoms with Gasteiger partial charge in [-0.25, -0.2) is 0 Å². The zero-order valence-electron chi connectivity index (χ0n) is 7.83. The van der Waals surface area contributed by atoms with Gasteiger partial charge in [-0.05, 0) is 37.7 Å². The van der Waals surface area contributed by atoms with Gasteiger partial charge in [0.15, 0.2) is 0 Å². The summed E-state index contributed by atoms with van der Waals surface area (Å²) in [5.41, 5.74) is 1.33. The Morgan fingerprint density at radius 3 is 2.58 bits per heavy atom. The van der Waals surface area contributed by atoms with E-state index in [0.717, 1.165) is 13.1 Å². The highest BCUT2D eigenvalue weighted by Crippen LogP contribution is 2.00. The first-order chi connectivity index (χ1) is 5.83. The first-order valence-corrected chi connectivity index (χ1v) is 4.40. The van der Waals surface area contributed by atoms with Crippen LogP contribution in [-0.2, 0) is 6.54 Å². The van der Waals surface area contributed by atoms with Crippen molar-refractivity contribution in [1.29, 1.82) is 0 Å². The summed E-state index contributed by atoms with van der Waals surface area (Å²) in [4.78, 5) is 6.29. The van der Waals surface area contributed by atoms with Gasteiger partial charge in [0, 0.05) is 18.9 Å². The fourth-order valence-electron chi connectivity index (χ4n) is 1.26. The van der Waals surface area contributed by atoms with E-state index in [0.29, 0.717) is 0 Å². The van der Waals surface area contributed by atoms with Gasteiger partial charge < -0.3 is 4.90 Å². The molecule has 0 aliphatic heterocycles. The zero-order chi connectivity index (χ0) is 8.81. The highest BCUT2D eigenvalue weighted by molar-refractivity contribution is 5.08. The maximum absolute atomic E-state index is 3.98. The van der Waals surface area contributed by atoms with Crippen LogP contribution in [0.4, 0.5) is 0 Å². The summed E-state index contributed by atoms with van der Waals surface area (Å²) >= 11 is 0. The fraction of sp³-hybridized carbons (Fsp3) is 0.500. The van der Waals surface area contributed by atoms with Crippen molar-refractivity contribution in [1.82, 2.24) is 9.88 Å². The number of pyridine rings is 1. The normalized spacial score (nSPS) is 10.6. The van der Waals surface area contributed by atoms with Gasteiger partial charge in [0.25, 0.3) is 0 Å². The molecule has 0 unspecified atom stereocenters. The van der Waals surface area contributed by atoms with Gasteiger partial charge >= 0.3 is 0 Å². The van der Waals surface area contributed by atoms with Gasteiger partial charge in [0.05, 0.1) is 0 Å². The van der Waals surface area contributed by atoms with Crippen LogP contribution in [0.5, 0.6) is 0 Å². The van der Waals surface area contributed by atoms with E-state index in [4.69, 9.17) is 0 Å². The van der Waals surface area contributed by atoms with Crippen LogP contribution >= 0.6 is 0 Å². The summed E-state index contributed by atoms with van der Waals surface area (Å²) in [5.74, 6) is 0. The summed E-state index contributed by atoms with van der Waals surface area (Å²) < 4.78 is 0. The molecule has 0 atom stereocenters. The lowest BCUT2D eigenvalue weighted by Crippen LogP contribution is -2.18. The van der Waals surface area contributed by atoms with Crippen LogP contribution in [0.2, 0.25) is 0 Å². The van der Waals surface area contributed by atoms with E-state index in [1.165, 1.54) is 12.0 Å². The number of rotatable bonds is 4. The molecule has 0 aliphatic rings. The van der Waals surface area contributed by atoms with Gasteiger partial charge in [0.1, 0.15) is 0 Å². The summed E-state index contributed by atoms with van der Waals surface area (Å²) in [6.45, 7) is 4.38. The molecule has 66 valence electrons. The fourth-order valence-corrected chi connectivity index (χ4v) is 1.26. The molecule has 0 N–H and O–H groups in total. The molecule has 1 aromatic rings. The van der Waals surface area contributed by atoms with E-state index in [-0.39, 0.29) is 0 Å². The molecule has 0 radical (unpaired) electrons. The third kappa shape index (κ3) is 3.01. The van der Waals surface area contributed by atoms with Crippen LogP contribution in [0.3, 0.4) is 0 Å². The first kappa shape index (κ1) is 9.20. The molecule has 0 aromatic carbocycles. The lowest BCUT2D eigenvalue weighted by Gasteiger charge is -2.14. The highest BCUT2D eigenvalue weighted by Gasteiger charge is 1.96. The second-order valence-corrected chi connectivity index (χ2v) is 3.09. The summed E-state index contributed by atoms with van der Waals surface area (Å²) in [7, 11) is 2.14. The molecule has 0 saturated carbocycles. The van der Waals surface area contributed by atoms with E-state index in [1.807, 2.05) is 12.4 Å². The van der Waals surface area contributed by atoms with Crippen molar-refractivity contribution in [2.45, 2.75) is 19.9 Å². The molecular formula is C10H16N2. The maximum Gasteiger partial charge on any atom is 0.0271 e. The minimum atomic E-state index is 1.02. The Balaban J connectivity index is 2.41. The number of hydrogen-bond acceptors (Lipinski definition) is 2. The summed E-state index contributed by atoms with van der Waals surface area (Å²) in [6.07, 6.45) is 4.89. The Morgan fingerprint density at radius 2 is 2.00 bits per heavy atom.